The lowest BCUT2D eigenvalue weighted by molar-refractivity contribution is -0.121. The molecular weight excluding hydrogens is 323 g/mol. The number of aliphatic hydroxyl groups is 1. The Balaban J connectivity index is 1.83. The minimum atomic E-state index is -0.996. The topological polar surface area (TPSA) is 75.4 Å². The highest BCUT2D eigenvalue weighted by Crippen LogP contribution is 2.20. The van der Waals surface area contributed by atoms with Crippen molar-refractivity contribution in [2.24, 2.45) is 0 Å². The van der Waals surface area contributed by atoms with E-state index in [1.165, 1.54) is 12.1 Å². The zero-order valence-electron chi connectivity index (χ0n) is 12.9. The van der Waals surface area contributed by atoms with Gasteiger partial charge in [-0.2, -0.15) is 0 Å². The van der Waals surface area contributed by atoms with Crippen molar-refractivity contribution in [1.82, 2.24) is 10.5 Å². The number of carbonyl (C=O) groups excluding carboxylic acids is 1. The summed E-state index contributed by atoms with van der Waals surface area (Å²) in [6.45, 7) is 3.62. The summed E-state index contributed by atoms with van der Waals surface area (Å²) in [5.74, 6) is -0.113. The van der Waals surface area contributed by atoms with Gasteiger partial charge in [0.05, 0.1) is 16.8 Å². The molecular formula is C16H18ClFN2O3. The molecule has 0 aliphatic carbocycles. The van der Waals surface area contributed by atoms with Crippen LogP contribution in [-0.2, 0) is 11.2 Å². The average molecular weight is 341 g/mol. The number of aromatic nitrogens is 1. The van der Waals surface area contributed by atoms with Crippen molar-refractivity contribution < 1.29 is 18.8 Å². The minimum absolute atomic E-state index is 0.00149. The fraction of sp³-hybridized carbons (Fsp3) is 0.375. The van der Waals surface area contributed by atoms with Gasteiger partial charge in [0, 0.05) is 18.5 Å². The molecule has 2 aromatic rings. The lowest BCUT2D eigenvalue weighted by Gasteiger charge is -2.12. The Labute approximate surface area is 138 Å². The van der Waals surface area contributed by atoms with E-state index in [0.717, 1.165) is 17.3 Å². The van der Waals surface area contributed by atoms with Crippen LogP contribution in [0.4, 0.5) is 4.39 Å². The van der Waals surface area contributed by atoms with Gasteiger partial charge in [0.15, 0.2) is 0 Å². The van der Waals surface area contributed by atoms with Gasteiger partial charge in [0.25, 0.3) is 0 Å². The molecule has 1 aromatic heterocycles. The molecule has 5 nitrogen and oxygen atoms in total. The van der Waals surface area contributed by atoms with E-state index in [-0.39, 0.29) is 23.9 Å². The normalized spacial score (nSPS) is 12.2. The molecule has 1 heterocycles. The van der Waals surface area contributed by atoms with E-state index >= 15 is 0 Å². The second-order valence-corrected chi connectivity index (χ2v) is 5.70. The number of nitrogens with one attached hydrogen (secondary N) is 1. The maximum Gasteiger partial charge on any atom is 0.220 e. The first-order chi connectivity index (χ1) is 10.9. The number of carbonyl (C=O) groups is 1. The smallest absolute Gasteiger partial charge is 0.220 e. The van der Waals surface area contributed by atoms with Crippen molar-refractivity contribution in [2.45, 2.75) is 32.8 Å². The Morgan fingerprint density at radius 3 is 2.83 bits per heavy atom. The van der Waals surface area contributed by atoms with Gasteiger partial charge in [0.2, 0.25) is 5.91 Å². The van der Waals surface area contributed by atoms with Gasteiger partial charge < -0.3 is 14.9 Å². The first kappa shape index (κ1) is 17.4. The highest BCUT2D eigenvalue weighted by Gasteiger charge is 2.14. The highest BCUT2D eigenvalue weighted by atomic mass is 35.5. The number of nitrogens with zero attached hydrogens (tertiary/aromatic N) is 1. The Kier molecular flexibility index (Phi) is 5.74. The van der Waals surface area contributed by atoms with E-state index in [2.05, 4.69) is 10.5 Å². The van der Waals surface area contributed by atoms with Crippen molar-refractivity contribution in [1.29, 1.82) is 0 Å². The molecule has 0 aliphatic rings. The molecule has 0 saturated heterocycles. The summed E-state index contributed by atoms with van der Waals surface area (Å²) in [5, 5.41) is 16.4. The molecule has 0 bridgehead atoms. The first-order valence-corrected chi connectivity index (χ1v) is 7.57. The Bertz CT molecular complexity index is 683. The molecule has 1 unspecified atom stereocenters. The van der Waals surface area contributed by atoms with Crippen LogP contribution in [0.1, 0.15) is 35.1 Å². The van der Waals surface area contributed by atoms with Crippen LogP contribution >= 0.6 is 11.6 Å². The predicted molar refractivity (Wildman–Crippen MR) is 83.7 cm³/mol. The zero-order valence-corrected chi connectivity index (χ0v) is 13.7. The number of aliphatic hydroxyl groups excluding tert-OH is 1. The largest absolute Gasteiger partial charge is 0.387 e. The second-order valence-electron chi connectivity index (χ2n) is 5.30. The van der Waals surface area contributed by atoms with Crippen LogP contribution in [0.2, 0.25) is 5.02 Å². The van der Waals surface area contributed by atoms with Crippen molar-refractivity contribution in [2.75, 3.05) is 6.54 Å². The molecule has 124 valence electrons. The third kappa shape index (κ3) is 4.53. The van der Waals surface area contributed by atoms with E-state index in [1.54, 1.807) is 6.92 Å². The standard InChI is InChI=1S/C16H18ClFN2O3/c1-9-12(10(2)23-20-9)4-6-16(22)19-8-15(21)11-3-5-13(17)14(18)7-11/h3,5,7,15,21H,4,6,8H2,1-2H3,(H,19,22). The Hall–Kier alpha value is -1.92. The summed E-state index contributed by atoms with van der Waals surface area (Å²) in [5.41, 5.74) is 2.05. The minimum Gasteiger partial charge on any atom is -0.387 e. The van der Waals surface area contributed by atoms with E-state index < -0.39 is 11.9 Å². The van der Waals surface area contributed by atoms with Gasteiger partial charge in [-0.25, -0.2) is 4.39 Å². The Morgan fingerprint density at radius 1 is 1.48 bits per heavy atom. The molecule has 1 atom stereocenters. The third-order valence-corrected chi connectivity index (χ3v) is 3.91. The maximum absolute atomic E-state index is 13.3. The lowest BCUT2D eigenvalue weighted by atomic mass is 10.1. The summed E-state index contributed by atoms with van der Waals surface area (Å²) < 4.78 is 18.4. The Morgan fingerprint density at radius 2 is 2.22 bits per heavy atom. The number of aryl methyl sites for hydroxylation is 2. The van der Waals surface area contributed by atoms with Crippen molar-refractivity contribution in [3.8, 4) is 0 Å². The van der Waals surface area contributed by atoms with Gasteiger partial charge in [0.1, 0.15) is 11.6 Å². The van der Waals surface area contributed by atoms with Crippen LogP contribution in [0.3, 0.4) is 0 Å². The molecule has 1 amide bonds. The summed E-state index contributed by atoms with van der Waals surface area (Å²) in [7, 11) is 0. The van der Waals surface area contributed by atoms with Crippen molar-refractivity contribution in [3.63, 3.8) is 0 Å². The summed E-state index contributed by atoms with van der Waals surface area (Å²) in [6, 6.07) is 4.05. The fourth-order valence-electron chi connectivity index (χ4n) is 2.23. The van der Waals surface area contributed by atoms with Crippen molar-refractivity contribution >= 4 is 17.5 Å². The van der Waals surface area contributed by atoms with Crippen molar-refractivity contribution in [3.05, 3.63) is 51.6 Å². The van der Waals surface area contributed by atoms with E-state index in [4.69, 9.17) is 16.1 Å². The number of hydrogen-bond acceptors (Lipinski definition) is 4. The van der Waals surface area contributed by atoms with E-state index in [1.807, 2.05) is 6.92 Å². The predicted octanol–water partition coefficient (Wildman–Crippen LogP) is 2.87. The number of hydrogen-bond donors (Lipinski definition) is 2. The lowest BCUT2D eigenvalue weighted by Crippen LogP contribution is -2.28. The molecule has 23 heavy (non-hydrogen) atoms. The molecule has 0 aliphatic heterocycles. The average Bonchev–Trinajstić information content (AvgIpc) is 2.84. The molecule has 0 spiro atoms. The molecule has 1 aromatic carbocycles. The third-order valence-electron chi connectivity index (χ3n) is 3.60. The highest BCUT2D eigenvalue weighted by molar-refractivity contribution is 6.30. The monoisotopic (exact) mass is 340 g/mol. The van der Waals surface area contributed by atoms with E-state index in [0.29, 0.717) is 17.7 Å². The summed E-state index contributed by atoms with van der Waals surface area (Å²) in [4.78, 5) is 11.8. The molecule has 2 N–H and O–H groups in total. The van der Waals surface area contributed by atoms with Crippen LogP contribution < -0.4 is 5.32 Å². The van der Waals surface area contributed by atoms with Gasteiger partial charge >= 0.3 is 0 Å². The van der Waals surface area contributed by atoms with Gasteiger partial charge in [-0.3, -0.25) is 4.79 Å². The number of halogens is 2. The number of amides is 1. The fourth-order valence-corrected chi connectivity index (χ4v) is 2.35. The molecule has 0 saturated carbocycles. The number of benzene rings is 1. The summed E-state index contributed by atoms with van der Waals surface area (Å²) >= 11 is 5.59. The van der Waals surface area contributed by atoms with E-state index in [9.17, 15) is 14.3 Å². The second kappa shape index (κ2) is 7.57. The van der Waals surface area contributed by atoms with Crippen LogP contribution in [0, 0.1) is 19.7 Å². The zero-order chi connectivity index (χ0) is 17.0. The van der Waals surface area contributed by atoms with Crippen LogP contribution in [0.15, 0.2) is 22.7 Å². The molecule has 7 heteroatoms. The molecule has 2 rings (SSSR count). The quantitative estimate of drug-likeness (QED) is 0.848. The van der Waals surface area contributed by atoms with Gasteiger partial charge in [-0.05, 0) is 38.0 Å². The molecule has 0 radical (unpaired) electrons. The van der Waals surface area contributed by atoms with Crippen LogP contribution in [0.25, 0.3) is 0 Å². The maximum atomic E-state index is 13.3. The van der Waals surface area contributed by atoms with Gasteiger partial charge in [-0.15, -0.1) is 0 Å². The first-order valence-electron chi connectivity index (χ1n) is 7.20. The van der Waals surface area contributed by atoms with Crippen LogP contribution in [0.5, 0.6) is 0 Å². The molecule has 0 fully saturated rings. The number of rotatable bonds is 6. The SMILES string of the molecule is Cc1noc(C)c1CCC(=O)NCC(O)c1ccc(Cl)c(F)c1. The van der Waals surface area contributed by atoms with Crippen LogP contribution in [-0.4, -0.2) is 22.7 Å². The summed E-state index contributed by atoms with van der Waals surface area (Å²) in [6.07, 6.45) is -0.228. The van der Waals surface area contributed by atoms with Gasteiger partial charge in [-0.1, -0.05) is 22.8 Å².